The number of hydrogen-bond donors (Lipinski definition) is 0. The van der Waals surface area contributed by atoms with Gasteiger partial charge in [-0.2, -0.15) is 0 Å². The van der Waals surface area contributed by atoms with Gasteiger partial charge in [0.15, 0.2) is 0 Å². The highest BCUT2D eigenvalue weighted by Crippen LogP contribution is 2.36. The minimum absolute atomic E-state index is 0.363. The third-order valence-corrected chi connectivity index (χ3v) is 5.32. The number of aryl methyl sites for hydroxylation is 1. The third kappa shape index (κ3) is 3.71. The highest BCUT2D eigenvalue weighted by molar-refractivity contribution is 6.62. The van der Waals surface area contributed by atoms with Crippen LogP contribution in [0.5, 0.6) is 5.75 Å². The SMILES string of the molecule is Cc1cc(Cl)ccc1OCc1ccccc1B1OC(C)(C)C(C)(C)O1. The molecule has 1 fully saturated rings. The van der Waals surface area contributed by atoms with Crippen molar-refractivity contribution in [2.75, 3.05) is 0 Å². The molecule has 3 rings (SSSR count). The molecule has 3 nitrogen and oxygen atoms in total. The summed E-state index contributed by atoms with van der Waals surface area (Å²) < 4.78 is 18.4. The molecule has 0 spiro atoms. The molecule has 0 N–H and O–H groups in total. The van der Waals surface area contributed by atoms with Crippen LogP contribution in [0.25, 0.3) is 0 Å². The third-order valence-electron chi connectivity index (χ3n) is 5.08. The summed E-state index contributed by atoms with van der Waals surface area (Å²) in [4.78, 5) is 0. The summed E-state index contributed by atoms with van der Waals surface area (Å²) in [6.45, 7) is 10.7. The van der Waals surface area contributed by atoms with Gasteiger partial charge in [0.05, 0.1) is 11.2 Å². The van der Waals surface area contributed by atoms with Crippen LogP contribution in [0.15, 0.2) is 42.5 Å². The average molecular weight is 359 g/mol. The summed E-state index contributed by atoms with van der Waals surface area (Å²) in [6, 6.07) is 13.7. The van der Waals surface area contributed by atoms with E-state index < -0.39 is 7.12 Å². The maximum atomic E-state index is 6.19. The largest absolute Gasteiger partial charge is 0.495 e. The molecular weight excluding hydrogens is 334 g/mol. The first-order valence-corrected chi connectivity index (χ1v) is 8.90. The van der Waals surface area contributed by atoms with Crippen molar-refractivity contribution in [3.8, 4) is 5.75 Å². The van der Waals surface area contributed by atoms with Crippen LogP contribution in [-0.4, -0.2) is 18.3 Å². The van der Waals surface area contributed by atoms with Crippen LogP contribution in [0.2, 0.25) is 5.02 Å². The fraction of sp³-hybridized carbons (Fsp3) is 0.400. The quantitative estimate of drug-likeness (QED) is 0.752. The first-order valence-electron chi connectivity index (χ1n) is 8.52. The predicted molar refractivity (Wildman–Crippen MR) is 103 cm³/mol. The van der Waals surface area contributed by atoms with Crippen LogP contribution in [0.4, 0.5) is 0 Å². The molecule has 0 unspecified atom stereocenters. The van der Waals surface area contributed by atoms with Crippen molar-refractivity contribution in [1.29, 1.82) is 0 Å². The van der Waals surface area contributed by atoms with Gasteiger partial charge < -0.3 is 14.0 Å². The second kappa shape index (κ2) is 6.67. The first-order chi connectivity index (χ1) is 11.7. The Morgan fingerprint density at radius 1 is 1.00 bits per heavy atom. The minimum atomic E-state index is -0.392. The number of benzene rings is 2. The molecule has 2 aromatic rings. The van der Waals surface area contributed by atoms with Gasteiger partial charge in [-0.05, 0) is 69.4 Å². The van der Waals surface area contributed by atoms with Crippen LogP contribution in [0, 0.1) is 6.92 Å². The van der Waals surface area contributed by atoms with E-state index in [4.69, 9.17) is 25.6 Å². The van der Waals surface area contributed by atoms with E-state index in [1.54, 1.807) is 0 Å². The van der Waals surface area contributed by atoms with Gasteiger partial charge in [-0.1, -0.05) is 35.9 Å². The van der Waals surface area contributed by atoms with E-state index in [-0.39, 0.29) is 11.2 Å². The van der Waals surface area contributed by atoms with Crippen molar-refractivity contribution >= 4 is 24.2 Å². The van der Waals surface area contributed by atoms with Gasteiger partial charge in [-0.3, -0.25) is 0 Å². The molecule has 0 atom stereocenters. The maximum absolute atomic E-state index is 6.19. The van der Waals surface area contributed by atoms with E-state index in [1.807, 2.05) is 49.4 Å². The van der Waals surface area contributed by atoms with Crippen LogP contribution in [0.3, 0.4) is 0 Å². The molecule has 0 amide bonds. The lowest BCUT2D eigenvalue weighted by Gasteiger charge is -2.32. The average Bonchev–Trinajstić information content (AvgIpc) is 2.75. The van der Waals surface area contributed by atoms with E-state index in [9.17, 15) is 0 Å². The number of hydrogen-bond acceptors (Lipinski definition) is 3. The topological polar surface area (TPSA) is 27.7 Å². The van der Waals surface area contributed by atoms with E-state index in [2.05, 4.69) is 27.7 Å². The molecule has 5 heteroatoms. The summed E-state index contributed by atoms with van der Waals surface area (Å²) in [5.41, 5.74) is 2.35. The van der Waals surface area contributed by atoms with E-state index in [1.165, 1.54) is 0 Å². The Hall–Kier alpha value is -1.49. The van der Waals surface area contributed by atoms with E-state index in [0.717, 1.165) is 22.3 Å². The molecule has 0 aromatic heterocycles. The second-order valence-corrected chi connectivity index (χ2v) is 7.92. The zero-order chi connectivity index (χ0) is 18.2. The summed E-state index contributed by atoms with van der Waals surface area (Å²) >= 11 is 6.01. The molecule has 0 saturated carbocycles. The molecule has 0 radical (unpaired) electrons. The fourth-order valence-corrected chi connectivity index (χ4v) is 3.02. The zero-order valence-corrected chi connectivity index (χ0v) is 16.2. The van der Waals surface area contributed by atoms with Crippen molar-refractivity contribution < 1.29 is 14.0 Å². The fourth-order valence-electron chi connectivity index (χ4n) is 2.80. The van der Waals surface area contributed by atoms with Crippen molar-refractivity contribution in [3.63, 3.8) is 0 Å². The molecule has 0 bridgehead atoms. The van der Waals surface area contributed by atoms with Gasteiger partial charge in [0.25, 0.3) is 0 Å². The molecule has 0 aliphatic carbocycles. The maximum Gasteiger partial charge on any atom is 0.495 e. The van der Waals surface area contributed by atoms with Crippen molar-refractivity contribution in [2.45, 2.75) is 52.4 Å². The highest BCUT2D eigenvalue weighted by Gasteiger charge is 2.52. The molecule has 1 saturated heterocycles. The summed E-state index contributed by atoms with van der Waals surface area (Å²) in [7, 11) is -0.392. The standard InChI is InChI=1S/C20H24BClO3/c1-14-12-16(22)10-11-18(14)23-13-15-8-6-7-9-17(15)21-24-19(2,3)20(4,5)25-21/h6-12H,13H2,1-5H3. The Balaban J connectivity index is 1.80. The van der Waals surface area contributed by atoms with E-state index in [0.29, 0.717) is 11.6 Å². The van der Waals surface area contributed by atoms with Gasteiger partial charge in [-0.25, -0.2) is 0 Å². The lowest BCUT2D eigenvalue weighted by molar-refractivity contribution is 0.00578. The molecule has 1 aliphatic heterocycles. The number of ether oxygens (including phenoxy) is 1. The van der Waals surface area contributed by atoms with Gasteiger partial charge in [0, 0.05) is 5.02 Å². The lowest BCUT2D eigenvalue weighted by atomic mass is 9.76. The van der Waals surface area contributed by atoms with Gasteiger partial charge in [0.1, 0.15) is 12.4 Å². The van der Waals surface area contributed by atoms with Crippen LogP contribution < -0.4 is 10.2 Å². The molecule has 1 aliphatic rings. The van der Waals surface area contributed by atoms with Crippen molar-refractivity contribution in [2.24, 2.45) is 0 Å². The summed E-state index contributed by atoms with van der Waals surface area (Å²) in [6.07, 6.45) is 0. The molecule has 2 aromatic carbocycles. The highest BCUT2D eigenvalue weighted by atomic mass is 35.5. The normalized spacial score (nSPS) is 18.4. The summed E-state index contributed by atoms with van der Waals surface area (Å²) in [5.74, 6) is 0.827. The predicted octanol–water partition coefficient (Wildman–Crippen LogP) is 4.53. The Bertz CT molecular complexity index is 757. The molecular formula is C20H24BClO3. The monoisotopic (exact) mass is 358 g/mol. The minimum Gasteiger partial charge on any atom is -0.489 e. The number of rotatable bonds is 4. The van der Waals surface area contributed by atoms with Crippen LogP contribution in [-0.2, 0) is 15.9 Å². The van der Waals surface area contributed by atoms with Crippen molar-refractivity contribution in [3.05, 3.63) is 58.6 Å². The van der Waals surface area contributed by atoms with E-state index >= 15 is 0 Å². The van der Waals surface area contributed by atoms with Gasteiger partial charge in [0.2, 0.25) is 0 Å². The van der Waals surface area contributed by atoms with Gasteiger partial charge in [-0.15, -0.1) is 0 Å². The Morgan fingerprint density at radius 2 is 1.64 bits per heavy atom. The smallest absolute Gasteiger partial charge is 0.489 e. The Kier molecular flexibility index (Phi) is 4.89. The molecule has 25 heavy (non-hydrogen) atoms. The summed E-state index contributed by atoms with van der Waals surface area (Å²) in [5, 5.41) is 0.711. The second-order valence-electron chi connectivity index (χ2n) is 7.49. The van der Waals surface area contributed by atoms with Crippen LogP contribution >= 0.6 is 11.6 Å². The first kappa shape index (κ1) is 18.3. The van der Waals surface area contributed by atoms with Crippen molar-refractivity contribution in [1.82, 2.24) is 0 Å². The number of halogens is 1. The van der Waals surface area contributed by atoms with Gasteiger partial charge >= 0.3 is 7.12 Å². The molecule has 1 heterocycles. The zero-order valence-electron chi connectivity index (χ0n) is 15.4. The molecule has 132 valence electrons. The lowest BCUT2D eigenvalue weighted by Crippen LogP contribution is -2.41. The Morgan fingerprint density at radius 3 is 2.28 bits per heavy atom. The van der Waals surface area contributed by atoms with Crippen LogP contribution in [0.1, 0.15) is 38.8 Å². The Labute approximate surface area is 155 Å².